The second kappa shape index (κ2) is 3.95. The number of carbonyl (C=O) groups excluding carboxylic acids is 1. The largest absolute Gasteiger partial charge is 0.465 e. The Morgan fingerprint density at radius 3 is 2.12 bits per heavy atom. The van der Waals surface area contributed by atoms with E-state index in [4.69, 9.17) is 4.74 Å². The summed E-state index contributed by atoms with van der Waals surface area (Å²) >= 11 is 0. The molecule has 2 atom stereocenters. The van der Waals surface area contributed by atoms with Crippen LogP contribution in [0.15, 0.2) is 0 Å². The quantitative estimate of drug-likeness (QED) is 0.692. The first kappa shape index (κ1) is 14.4. The molecule has 0 spiro atoms. The molecule has 0 N–H and O–H groups in total. The van der Waals surface area contributed by atoms with E-state index in [1.165, 1.54) is 6.92 Å². The monoisotopic (exact) mass is 263 g/mol. The molecule has 1 fully saturated rings. The van der Waals surface area contributed by atoms with Crippen LogP contribution < -0.4 is 0 Å². The van der Waals surface area contributed by atoms with Crippen LogP contribution in [0.4, 0.5) is 0 Å². The van der Waals surface area contributed by atoms with E-state index in [-0.39, 0.29) is 12.6 Å². The van der Waals surface area contributed by atoms with Gasteiger partial charge in [0.2, 0.25) is 0 Å². The number of carbonyl (C=O) groups is 1. The zero-order chi connectivity index (χ0) is 13.6. The highest BCUT2D eigenvalue weighted by atomic mass is 32.2. The Kier molecular flexibility index (Phi) is 3.35. The van der Waals surface area contributed by atoms with E-state index >= 15 is 0 Å². The average molecular weight is 263 g/mol. The number of esters is 1. The molecule has 100 valence electrons. The maximum atomic E-state index is 12.3. The first-order chi connectivity index (χ1) is 7.55. The Hall–Kier alpha value is -0.620. The molecule has 1 aliphatic heterocycles. The van der Waals surface area contributed by atoms with Gasteiger partial charge in [-0.1, -0.05) is 0 Å². The van der Waals surface area contributed by atoms with Crippen molar-refractivity contribution in [2.24, 2.45) is 0 Å². The highest BCUT2D eigenvalue weighted by Gasteiger charge is 2.75. The van der Waals surface area contributed by atoms with Gasteiger partial charge in [0.1, 0.15) is 0 Å². The summed E-state index contributed by atoms with van der Waals surface area (Å²) in [4.78, 5) is 13.7. The fourth-order valence-corrected chi connectivity index (χ4v) is 5.78. The number of hydrogen-bond acceptors (Lipinski definition) is 5. The van der Waals surface area contributed by atoms with E-state index in [2.05, 4.69) is 0 Å². The fourth-order valence-electron chi connectivity index (χ4n) is 3.06. The van der Waals surface area contributed by atoms with E-state index < -0.39 is 25.3 Å². The Bertz CT molecular complexity index is 427. The summed E-state index contributed by atoms with van der Waals surface area (Å²) in [6.45, 7) is 6.60. The molecule has 0 saturated carbocycles. The fraction of sp³-hybridized carbons (Fsp3) is 0.909. The number of rotatable bonds is 3. The number of sulfone groups is 1. The van der Waals surface area contributed by atoms with Crippen LogP contribution in [0.25, 0.3) is 0 Å². The predicted molar refractivity (Wildman–Crippen MR) is 65.5 cm³/mol. The minimum absolute atomic E-state index is 0.185. The molecular formula is C11H21NO4S. The van der Waals surface area contributed by atoms with E-state index in [9.17, 15) is 13.2 Å². The lowest BCUT2D eigenvalue weighted by molar-refractivity contribution is -0.149. The Morgan fingerprint density at radius 2 is 1.76 bits per heavy atom. The Balaban J connectivity index is 3.27. The van der Waals surface area contributed by atoms with Gasteiger partial charge in [-0.3, -0.25) is 4.79 Å². The molecule has 0 amide bonds. The van der Waals surface area contributed by atoms with Crippen LogP contribution >= 0.6 is 0 Å². The molecule has 1 heterocycles. The predicted octanol–water partition coefficient (Wildman–Crippen LogP) is 0.445. The van der Waals surface area contributed by atoms with Crippen LogP contribution in [0.2, 0.25) is 0 Å². The third kappa shape index (κ3) is 1.53. The number of ether oxygens (including phenoxy) is 1. The minimum Gasteiger partial charge on any atom is -0.465 e. The molecule has 6 heteroatoms. The summed E-state index contributed by atoms with van der Waals surface area (Å²) in [6.07, 6.45) is 0. The van der Waals surface area contributed by atoms with Crippen molar-refractivity contribution < 1.29 is 17.9 Å². The molecule has 5 nitrogen and oxygen atoms in total. The summed E-state index contributed by atoms with van der Waals surface area (Å²) < 4.78 is 27.1. The van der Waals surface area contributed by atoms with Crippen molar-refractivity contribution in [1.29, 1.82) is 0 Å². The van der Waals surface area contributed by atoms with Gasteiger partial charge >= 0.3 is 5.97 Å². The van der Waals surface area contributed by atoms with Gasteiger partial charge < -0.3 is 9.64 Å². The van der Waals surface area contributed by atoms with Gasteiger partial charge in [0.15, 0.2) is 14.6 Å². The van der Waals surface area contributed by atoms with Gasteiger partial charge in [-0.05, 0) is 41.8 Å². The van der Waals surface area contributed by atoms with Crippen LogP contribution in [0.5, 0.6) is 0 Å². The van der Waals surface area contributed by atoms with Gasteiger partial charge in [-0.25, -0.2) is 8.42 Å². The molecule has 0 aromatic heterocycles. The SMILES string of the molecule is CCOC(=O)[C@]1(C)[C@H](N(C)C)C(C)(C)S1(=O)=O. The van der Waals surface area contributed by atoms with Gasteiger partial charge in [0.25, 0.3) is 0 Å². The molecule has 0 radical (unpaired) electrons. The lowest BCUT2D eigenvalue weighted by atomic mass is 9.87. The zero-order valence-corrected chi connectivity index (χ0v) is 12.1. The van der Waals surface area contributed by atoms with Gasteiger partial charge in [-0.2, -0.15) is 0 Å². The van der Waals surface area contributed by atoms with E-state index in [0.29, 0.717) is 0 Å². The van der Waals surface area contributed by atoms with Crippen LogP contribution in [0, 0.1) is 0 Å². The molecule has 0 aromatic carbocycles. The maximum Gasteiger partial charge on any atom is 0.328 e. The van der Waals surface area contributed by atoms with Crippen molar-refractivity contribution in [1.82, 2.24) is 4.90 Å². The summed E-state index contributed by atoms with van der Waals surface area (Å²) in [5.41, 5.74) is 0. The third-order valence-corrected chi connectivity index (χ3v) is 6.74. The number of nitrogens with zero attached hydrogens (tertiary/aromatic N) is 1. The molecule has 17 heavy (non-hydrogen) atoms. The topological polar surface area (TPSA) is 63.7 Å². The van der Waals surface area contributed by atoms with Crippen LogP contribution in [0.3, 0.4) is 0 Å². The first-order valence-electron chi connectivity index (χ1n) is 5.63. The molecule has 0 aliphatic carbocycles. The average Bonchev–Trinajstić information content (AvgIpc) is 2.15. The van der Waals surface area contributed by atoms with Crippen molar-refractivity contribution in [3.63, 3.8) is 0 Å². The highest BCUT2D eigenvalue weighted by molar-refractivity contribution is 7.96. The normalized spacial score (nSPS) is 34.2. The number of hydrogen-bond donors (Lipinski definition) is 0. The van der Waals surface area contributed by atoms with Crippen molar-refractivity contribution in [3.05, 3.63) is 0 Å². The van der Waals surface area contributed by atoms with Crippen molar-refractivity contribution in [2.45, 2.75) is 43.2 Å². The minimum atomic E-state index is -3.53. The van der Waals surface area contributed by atoms with Crippen LogP contribution in [-0.4, -0.2) is 55.5 Å². The zero-order valence-electron chi connectivity index (χ0n) is 11.3. The molecule has 1 rings (SSSR count). The van der Waals surface area contributed by atoms with E-state index in [1.807, 2.05) is 0 Å². The Labute approximate surface area is 103 Å². The van der Waals surface area contributed by atoms with Crippen LogP contribution in [0.1, 0.15) is 27.7 Å². The third-order valence-electron chi connectivity index (χ3n) is 3.63. The molecule has 1 saturated heterocycles. The molecule has 1 aliphatic rings. The molecule has 0 unspecified atom stereocenters. The second-order valence-electron chi connectivity index (χ2n) is 5.30. The summed E-state index contributed by atoms with van der Waals surface area (Å²) in [5.74, 6) is -0.655. The lowest BCUT2D eigenvalue weighted by Gasteiger charge is -2.57. The van der Waals surface area contributed by atoms with Gasteiger partial charge in [0, 0.05) is 0 Å². The molecule has 0 bridgehead atoms. The molecular weight excluding hydrogens is 242 g/mol. The smallest absolute Gasteiger partial charge is 0.328 e. The van der Waals surface area contributed by atoms with Crippen molar-refractivity contribution in [2.75, 3.05) is 20.7 Å². The molecule has 0 aromatic rings. The first-order valence-corrected chi connectivity index (χ1v) is 7.11. The van der Waals surface area contributed by atoms with E-state index in [1.54, 1.807) is 39.8 Å². The van der Waals surface area contributed by atoms with Crippen molar-refractivity contribution in [3.8, 4) is 0 Å². The van der Waals surface area contributed by atoms with E-state index in [0.717, 1.165) is 0 Å². The van der Waals surface area contributed by atoms with Crippen molar-refractivity contribution >= 4 is 15.8 Å². The lowest BCUT2D eigenvalue weighted by Crippen LogP contribution is -2.80. The maximum absolute atomic E-state index is 12.3. The van der Waals surface area contributed by atoms with Gasteiger partial charge in [0.05, 0.1) is 17.4 Å². The standard InChI is InChI=1S/C11H21NO4S/c1-7-16-9(13)11(4)8(12(5)6)10(2,3)17(11,14)15/h8H,7H2,1-6H3/t8-,11+/m1/s1. The van der Waals surface area contributed by atoms with Crippen LogP contribution in [-0.2, 0) is 19.4 Å². The van der Waals surface area contributed by atoms with Gasteiger partial charge in [-0.15, -0.1) is 0 Å². The highest BCUT2D eigenvalue weighted by Crippen LogP contribution is 2.51. The summed E-state index contributed by atoms with van der Waals surface area (Å²) in [5, 5.41) is 0. The summed E-state index contributed by atoms with van der Waals surface area (Å²) in [7, 11) is 0.0208. The summed E-state index contributed by atoms with van der Waals surface area (Å²) in [6, 6.07) is -0.376. The Morgan fingerprint density at radius 1 is 1.29 bits per heavy atom. The second-order valence-corrected chi connectivity index (χ2v) is 8.21.